The van der Waals surface area contributed by atoms with Crippen LogP contribution in [0.15, 0.2) is 42.5 Å². The van der Waals surface area contributed by atoms with Gasteiger partial charge in [0.25, 0.3) is 0 Å². The van der Waals surface area contributed by atoms with Crippen molar-refractivity contribution in [3.05, 3.63) is 48.1 Å². The molecule has 114 valence electrons. The minimum atomic E-state index is -0.350. The van der Waals surface area contributed by atoms with Crippen molar-refractivity contribution in [3.8, 4) is 11.5 Å². The zero-order chi connectivity index (χ0) is 15.7. The molecule has 0 heterocycles. The number of hydrogen-bond acceptors (Lipinski definition) is 4. The molecule has 4 heteroatoms. The fourth-order valence-corrected chi connectivity index (χ4v) is 1.77. The van der Waals surface area contributed by atoms with Gasteiger partial charge in [-0.3, -0.25) is 0 Å². The molecule has 21 heavy (non-hydrogen) atoms. The Labute approximate surface area is 126 Å². The Bertz CT molecular complexity index is 518. The molecule has 0 radical (unpaired) electrons. The van der Waals surface area contributed by atoms with Crippen LogP contribution >= 0.6 is 0 Å². The zero-order valence-corrected chi connectivity index (χ0v) is 12.8. The number of hydrogen-bond donors (Lipinski definition) is 0. The van der Waals surface area contributed by atoms with E-state index in [-0.39, 0.29) is 5.97 Å². The number of carbonyl (C=O) groups is 1. The highest BCUT2D eigenvalue weighted by atomic mass is 16.5. The van der Waals surface area contributed by atoms with Crippen molar-refractivity contribution < 1.29 is 19.0 Å². The maximum atomic E-state index is 11.3. The lowest BCUT2D eigenvalue weighted by Gasteiger charge is -2.11. The number of allylic oxidation sites excluding steroid dienone is 1. The van der Waals surface area contributed by atoms with E-state index < -0.39 is 0 Å². The first-order valence-electron chi connectivity index (χ1n) is 6.86. The van der Waals surface area contributed by atoms with E-state index >= 15 is 0 Å². The summed E-state index contributed by atoms with van der Waals surface area (Å²) < 4.78 is 15.8. The van der Waals surface area contributed by atoms with Gasteiger partial charge >= 0.3 is 5.97 Å². The maximum Gasteiger partial charge on any atom is 0.333 e. The van der Waals surface area contributed by atoms with Gasteiger partial charge < -0.3 is 14.2 Å². The van der Waals surface area contributed by atoms with Gasteiger partial charge in [0.2, 0.25) is 0 Å². The highest BCUT2D eigenvalue weighted by Crippen LogP contribution is 2.25. The zero-order valence-electron chi connectivity index (χ0n) is 12.8. The molecule has 0 atom stereocenters. The fraction of sp³-hybridized carbons (Fsp3) is 0.353. The molecule has 0 aliphatic heterocycles. The van der Waals surface area contributed by atoms with Crippen LogP contribution in [-0.2, 0) is 16.0 Å². The Morgan fingerprint density at radius 3 is 2.71 bits per heavy atom. The summed E-state index contributed by atoms with van der Waals surface area (Å²) in [4.78, 5) is 11.3. The molecule has 0 amide bonds. The van der Waals surface area contributed by atoms with Crippen molar-refractivity contribution in [2.45, 2.75) is 20.3 Å². The van der Waals surface area contributed by atoms with Gasteiger partial charge in [-0.25, -0.2) is 4.79 Å². The average molecular weight is 290 g/mol. The van der Waals surface area contributed by atoms with Crippen LogP contribution in [0.2, 0.25) is 0 Å². The van der Waals surface area contributed by atoms with Gasteiger partial charge in [-0.1, -0.05) is 6.08 Å². The average Bonchev–Trinajstić information content (AvgIpc) is 2.49. The largest absolute Gasteiger partial charge is 0.494 e. The smallest absolute Gasteiger partial charge is 0.333 e. The van der Waals surface area contributed by atoms with Gasteiger partial charge in [-0.05, 0) is 44.5 Å². The molecule has 0 saturated heterocycles. The van der Waals surface area contributed by atoms with Crippen LogP contribution in [0.4, 0.5) is 0 Å². The molecule has 0 fully saturated rings. The van der Waals surface area contributed by atoms with E-state index in [1.54, 1.807) is 13.0 Å². The van der Waals surface area contributed by atoms with Crippen molar-refractivity contribution in [3.63, 3.8) is 0 Å². The summed E-state index contributed by atoms with van der Waals surface area (Å²) in [6.07, 6.45) is 4.20. The number of ether oxygens (including phenoxy) is 3. The molecule has 0 aromatic heterocycles. The van der Waals surface area contributed by atoms with Crippen LogP contribution in [-0.4, -0.2) is 26.3 Å². The van der Waals surface area contributed by atoms with Crippen molar-refractivity contribution in [2.75, 3.05) is 20.3 Å². The normalized spacial score (nSPS) is 10.9. The molecule has 0 bridgehead atoms. The first kappa shape index (κ1) is 16.8. The third-order valence-electron chi connectivity index (χ3n) is 2.84. The lowest BCUT2D eigenvalue weighted by molar-refractivity contribution is -0.136. The summed E-state index contributed by atoms with van der Waals surface area (Å²) in [5, 5.41) is 0. The highest BCUT2D eigenvalue weighted by molar-refractivity contribution is 5.87. The van der Waals surface area contributed by atoms with Crippen molar-refractivity contribution in [1.82, 2.24) is 0 Å². The standard InChI is InChI=1S/C17H22O4/c1-5-7-14-12-15(20-6-2)8-9-16(14)21-11-10-13(3)17(18)19-4/h5,8-10,12H,1,6-7,11H2,2-4H3. The first-order valence-corrected chi connectivity index (χ1v) is 6.86. The quantitative estimate of drug-likeness (QED) is 0.418. The van der Waals surface area contributed by atoms with Crippen LogP contribution in [0.5, 0.6) is 11.5 Å². The topological polar surface area (TPSA) is 44.8 Å². The minimum absolute atomic E-state index is 0.305. The van der Waals surface area contributed by atoms with Crippen molar-refractivity contribution in [1.29, 1.82) is 0 Å². The number of carbonyl (C=O) groups excluding carboxylic acids is 1. The predicted molar refractivity (Wildman–Crippen MR) is 82.8 cm³/mol. The third-order valence-corrected chi connectivity index (χ3v) is 2.84. The summed E-state index contributed by atoms with van der Waals surface area (Å²) in [5.74, 6) is 1.21. The van der Waals surface area contributed by atoms with Gasteiger partial charge in [-0.15, -0.1) is 6.58 Å². The van der Waals surface area contributed by atoms with Crippen molar-refractivity contribution >= 4 is 5.97 Å². The van der Waals surface area contributed by atoms with Crippen LogP contribution < -0.4 is 9.47 Å². The van der Waals surface area contributed by atoms with E-state index in [1.165, 1.54) is 7.11 Å². The van der Waals surface area contributed by atoms with Crippen LogP contribution in [0, 0.1) is 0 Å². The van der Waals surface area contributed by atoms with E-state index in [4.69, 9.17) is 9.47 Å². The van der Waals surface area contributed by atoms with Crippen LogP contribution in [0.1, 0.15) is 19.4 Å². The van der Waals surface area contributed by atoms with Crippen LogP contribution in [0.25, 0.3) is 0 Å². The molecule has 0 saturated carbocycles. The molecular weight excluding hydrogens is 268 g/mol. The van der Waals surface area contributed by atoms with Gasteiger partial charge in [-0.2, -0.15) is 0 Å². The molecular formula is C17H22O4. The van der Waals surface area contributed by atoms with Crippen molar-refractivity contribution in [2.24, 2.45) is 0 Å². The fourth-order valence-electron chi connectivity index (χ4n) is 1.77. The number of benzene rings is 1. The molecule has 1 aromatic rings. The van der Waals surface area contributed by atoms with Gasteiger partial charge in [0.15, 0.2) is 0 Å². The van der Waals surface area contributed by atoms with E-state index in [0.717, 1.165) is 17.1 Å². The molecule has 0 N–H and O–H groups in total. The van der Waals surface area contributed by atoms with Gasteiger partial charge in [0.05, 0.1) is 13.7 Å². The summed E-state index contributed by atoms with van der Waals surface area (Å²) in [6, 6.07) is 5.67. The lowest BCUT2D eigenvalue weighted by Crippen LogP contribution is -2.05. The van der Waals surface area contributed by atoms with Gasteiger partial charge in [0, 0.05) is 11.1 Å². The number of rotatable bonds is 8. The number of methoxy groups -OCH3 is 1. The van der Waals surface area contributed by atoms with E-state index in [0.29, 0.717) is 25.2 Å². The Hall–Kier alpha value is -2.23. The molecule has 1 aromatic carbocycles. The second kappa shape index (κ2) is 8.84. The summed E-state index contributed by atoms with van der Waals surface area (Å²) >= 11 is 0. The Kier molecular flexibility index (Phi) is 7.09. The van der Waals surface area contributed by atoms with E-state index in [2.05, 4.69) is 11.3 Å². The predicted octanol–water partition coefficient (Wildman–Crippen LogP) is 3.31. The minimum Gasteiger partial charge on any atom is -0.494 e. The Morgan fingerprint density at radius 2 is 2.10 bits per heavy atom. The molecule has 4 nitrogen and oxygen atoms in total. The molecule has 0 aliphatic rings. The maximum absolute atomic E-state index is 11.3. The SMILES string of the molecule is C=CCc1cc(OCC)ccc1OCC=C(C)C(=O)OC. The van der Waals surface area contributed by atoms with E-state index in [1.807, 2.05) is 31.2 Å². The lowest BCUT2D eigenvalue weighted by atomic mass is 10.1. The molecule has 0 aliphatic carbocycles. The second-order valence-electron chi connectivity index (χ2n) is 4.39. The highest BCUT2D eigenvalue weighted by Gasteiger charge is 2.06. The third kappa shape index (κ3) is 5.34. The van der Waals surface area contributed by atoms with Crippen LogP contribution in [0.3, 0.4) is 0 Å². The van der Waals surface area contributed by atoms with E-state index in [9.17, 15) is 4.79 Å². The second-order valence-corrected chi connectivity index (χ2v) is 4.39. The summed E-state index contributed by atoms with van der Waals surface area (Å²) in [7, 11) is 1.36. The summed E-state index contributed by atoms with van der Waals surface area (Å²) in [5.41, 5.74) is 1.52. The molecule has 0 spiro atoms. The van der Waals surface area contributed by atoms with Gasteiger partial charge in [0.1, 0.15) is 18.1 Å². The molecule has 1 rings (SSSR count). The Morgan fingerprint density at radius 1 is 1.33 bits per heavy atom. The Balaban J connectivity index is 2.77. The molecule has 0 unspecified atom stereocenters. The summed E-state index contributed by atoms with van der Waals surface area (Å²) in [6.45, 7) is 8.31. The number of esters is 1. The monoisotopic (exact) mass is 290 g/mol. The first-order chi connectivity index (χ1) is 10.1.